The summed E-state index contributed by atoms with van der Waals surface area (Å²) < 4.78 is 0. The van der Waals surface area contributed by atoms with E-state index in [1.807, 2.05) is 12.1 Å². The molecule has 4 rings (SSSR count). The predicted octanol–water partition coefficient (Wildman–Crippen LogP) is 5.63. The zero-order valence-electron chi connectivity index (χ0n) is 15.6. The van der Waals surface area contributed by atoms with Crippen LogP contribution in [0.2, 0.25) is 0 Å². The Morgan fingerprint density at radius 1 is 1.04 bits per heavy atom. The van der Waals surface area contributed by atoms with Gasteiger partial charge in [0.05, 0.1) is 0 Å². The quantitative estimate of drug-likeness (QED) is 0.630. The van der Waals surface area contributed by atoms with Gasteiger partial charge < -0.3 is 0 Å². The number of rotatable bonds is 6. The Hall–Kier alpha value is -1.44. The van der Waals surface area contributed by atoms with E-state index in [9.17, 15) is 9.59 Å². The summed E-state index contributed by atoms with van der Waals surface area (Å²) in [4.78, 5) is 26.3. The maximum Gasteiger partial charge on any atom is 0.167 e. The molecular formula is C23H30O2. The zero-order chi connectivity index (χ0) is 17.6. The highest BCUT2D eigenvalue weighted by molar-refractivity contribution is 6.16. The average molecular weight is 338 g/mol. The second-order valence-corrected chi connectivity index (χ2v) is 8.93. The second kappa shape index (κ2) is 6.37. The van der Waals surface area contributed by atoms with E-state index in [0.717, 1.165) is 31.2 Å². The largest absolute Gasteiger partial charge is 0.294 e. The number of unbranched alkanes of at least 4 members (excludes halogenated alkanes) is 4. The Morgan fingerprint density at radius 2 is 1.84 bits per heavy atom. The first-order chi connectivity index (χ1) is 12.0. The van der Waals surface area contributed by atoms with Crippen LogP contribution in [-0.2, 0) is 6.42 Å². The lowest BCUT2D eigenvalue weighted by atomic mass is 9.62. The standard InChI is InChI=1S/C23H30O2/c1-3-4-5-6-7-8-15-9-10-17-18(13-15)21(24)19-16-11-12-23(2,14-16)20(19)22(17)25/h9-10,13,16,19-20H,3-8,11-12,14H2,1-2H3. The van der Waals surface area contributed by atoms with Crippen LogP contribution >= 0.6 is 0 Å². The molecule has 4 atom stereocenters. The molecule has 0 spiro atoms. The minimum absolute atomic E-state index is 0.0291. The minimum Gasteiger partial charge on any atom is -0.294 e. The smallest absolute Gasteiger partial charge is 0.167 e. The van der Waals surface area contributed by atoms with Crippen molar-refractivity contribution in [1.82, 2.24) is 0 Å². The fourth-order valence-electron chi connectivity index (χ4n) is 5.90. The van der Waals surface area contributed by atoms with E-state index in [4.69, 9.17) is 0 Å². The van der Waals surface area contributed by atoms with Gasteiger partial charge in [0.2, 0.25) is 0 Å². The molecule has 0 heterocycles. The normalized spacial score (nSPS) is 32.8. The number of fused-ring (bicyclic) bond motifs is 6. The van der Waals surface area contributed by atoms with Gasteiger partial charge in [-0.25, -0.2) is 0 Å². The molecule has 4 unspecified atom stereocenters. The van der Waals surface area contributed by atoms with Crippen molar-refractivity contribution in [1.29, 1.82) is 0 Å². The third-order valence-electron chi connectivity index (χ3n) is 7.20. The van der Waals surface area contributed by atoms with Gasteiger partial charge in [0, 0.05) is 23.0 Å². The van der Waals surface area contributed by atoms with Crippen molar-refractivity contribution in [2.24, 2.45) is 23.2 Å². The molecule has 0 N–H and O–H groups in total. The van der Waals surface area contributed by atoms with Gasteiger partial charge >= 0.3 is 0 Å². The minimum atomic E-state index is -0.0499. The van der Waals surface area contributed by atoms with Crippen LogP contribution in [0.15, 0.2) is 18.2 Å². The van der Waals surface area contributed by atoms with E-state index in [1.54, 1.807) is 0 Å². The van der Waals surface area contributed by atoms with Crippen LogP contribution in [0.25, 0.3) is 0 Å². The SMILES string of the molecule is CCCCCCCc1ccc2c(c1)C(=O)C1C3CCC(C)(C3)C1C2=O. The number of carbonyl (C=O) groups excluding carboxylic acids is 2. The van der Waals surface area contributed by atoms with Gasteiger partial charge in [-0.05, 0) is 55.1 Å². The van der Waals surface area contributed by atoms with Gasteiger partial charge in [-0.1, -0.05) is 51.7 Å². The number of ketones is 2. The van der Waals surface area contributed by atoms with Crippen LogP contribution < -0.4 is 0 Å². The number of hydrogen-bond acceptors (Lipinski definition) is 2. The Bertz CT molecular complexity index is 704. The summed E-state index contributed by atoms with van der Waals surface area (Å²) >= 11 is 0. The first-order valence-corrected chi connectivity index (χ1v) is 10.3. The molecule has 0 amide bonds. The van der Waals surface area contributed by atoms with Crippen LogP contribution in [-0.4, -0.2) is 11.6 Å². The van der Waals surface area contributed by atoms with Gasteiger partial charge in [-0.2, -0.15) is 0 Å². The van der Waals surface area contributed by atoms with Gasteiger partial charge in [0.25, 0.3) is 0 Å². The van der Waals surface area contributed by atoms with Gasteiger partial charge in [-0.15, -0.1) is 0 Å². The van der Waals surface area contributed by atoms with Crippen molar-refractivity contribution >= 4 is 11.6 Å². The van der Waals surface area contributed by atoms with Gasteiger partial charge in [0.15, 0.2) is 11.6 Å². The number of benzene rings is 1. The monoisotopic (exact) mass is 338 g/mol. The fourth-order valence-corrected chi connectivity index (χ4v) is 5.90. The summed E-state index contributed by atoms with van der Waals surface area (Å²) in [6.07, 6.45) is 10.6. The highest BCUT2D eigenvalue weighted by atomic mass is 16.1. The van der Waals surface area contributed by atoms with Crippen molar-refractivity contribution in [2.45, 2.75) is 71.6 Å². The van der Waals surface area contributed by atoms with Crippen LogP contribution in [0.4, 0.5) is 0 Å². The number of Topliss-reactive ketones (excluding diaryl/α,β-unsaturated/α-hetero) is 2. The Kier molecular flexibility index (Phi) is 4.33. The van der Waals surface area contributed by atoms with E-state index < -0.39 is 0 Å². The molecule has 134 valence electrons. The molecule has 2 heteroatoms. The summed E-state index contributed by atoms with van der Waals surface area (Å²) in [5.41, 5.74) is 2.73. The molecule has 2 bridgehead atoms. The van der Waals surface area contributed by atoms with Crippen molar-refractivity contribution in [3.8, 4) is 0 Å². The van der Waals surface area contributed by atoms with Crippen molar-refractivity contribution in [3.63, 3.8) is 0 Å². The van der Waals surface area contributed by atoms with Crippen LogP contribution in [0, 0.1) is 23.2 Å². The highest BCUT2D eigenvalue weighted by Crippen LogP contribution is 2.63. The first kappa shape index (κ1) is 17.0. The molecule has 1 aromatic rings. The molecule has 0 aliphatic heterocycles. The number of hydrogen-bond donors (Lipinski definition) is 0. The lowest BCUT2D eigenvalue weighted by Crippen LogP contribution is -2.43. The molecular weight excluding hydrogens is 308 g/mol. The van der Waals surface area contributed by atoms with E-state index in [2.05, 4.69) is 19.9 Å². The summed E-state index contributed by atoms with van der Waals surface area (Å²) in [6.45, 7) is 4.47. The molecule has 2 nitrogen and oxygen atoms in total. The molecule has 2 fully saturated rings. The van der Waals surface area contributed by atoms with E-state index in [1.165, 1.54) is 37.7 Å². The average Bonchev–Trinajstić information content (AvgIpc) is 3.13. The van der Waals surface area contributed by atoms with E-state index in [-0.39, 0.29) is 28.8 Å². The molecule has 3 aliphatic carbocycles. The number of aryl methyl sites for hydroxylation is 1. The third-order valence-corrected chi connectivity index (χ3v) is 7.20. The maximum absolute atomic E-state index is 13.2. The number of carbonyl (C=O) groups is 2. The van der Waals surface area contributed by atoms with Crippen molar-refractivity contribution in [2.75, 3.05) is 0 Å². The fraction of sp³-hybridized carbons (Fsp3) is 0.652. The highest BCUT2D eigenvalue weighted by Gasteiger charge is 2.62. The lowest BCUT2D eigenvalue weighted by Gasteiger charge is -2.38. The van der Waals surface area contributed by atoms with Crippen LogP contribution in [0.5, 0.6) is 0 Å². The van der Waals surface area contributed by atoms with Crippen LogP contribution in [0.3, 0.4) is 0 Å². The Balaban J connectivity index is 1.55. The first-order valence-electron chi connectivity index (χ1n) is 10.3. The lowest BCUT2D eigenvalue weighted by molar-refractivity contribution is 0.0572. The predicted molar refractivity (Wildman–Crippen MR) is 100.0 cm³/mol. The molecule has 3 aliphatic rings. The molecule has 0 aromatic heterocycles. The second-order valence-electron chi connectivity index (χ2n) is 8.93. The molecule has 0 radical (unpaired) electrons. The zero-order valence-corrected chi connectivity index (χ0v) is 15.6. The van der Waals surface area contributed by atoms with E-state index >= 15 is 0 Å². The molecule has 0 saturated heterocycles. The molecule has 25 heavy (non-hydrogen) atoms. The third kappa shape index (κ3) is 2.69. The van der Waals surface area contributed by atoms with Crippen LogP contribution in [0.1, 0.15) is 91.5 Å². The van der Waals surface area contributed by atoms with Gasteiger partial charge in [0.1, 0.15) is 0 Å². The van der Waals surface area contributed by atoms with Gasteiger partial charge in [-0.3, -0.25) is 9.59 Å². The molecule has 2 saturated carbocycles. The van der Waals surface area contributed by atoms with Crippen molar-refractivity contribution < 1.29 is 9.59 Å². The molecule has 1 aromatic carbocycles. The summed E-state index contributed by atoms with van der Waals surface area (Å²) in [5.74, 6) is 0.877. The Morgan fingerprint density at radius 3 is 2.64 bits per heavy atom. The Labute approximate surface area is 151 Å². The van der Waals surface area contributed by atoms with Crippen molar-refractivity contribution in [3.05, 3.63) is 34.9 Å². The van der Waals surface area contributed by atoms with E-state index in [0.29, 0.717) is 11.5 Å². The maximum atomic E-state index is 13.2. The summed E-state index contributed by atoms with van der Waals surface area (Å²) in [5, 5.41) is 0. The summed E-state index contributed by atoms with van der Waals surface area (Å²) in [6, 6.07) is 6.07. The summed E-state index contributed by atoms with van der Waals surface area (Å²) in [7, 11) is 0. The topological polar surface area (TPSA) is 34.1 Å².